The predicted octanol–water partition coefficient (Wildman–Crippen LogP) is 4.05. The van der Waals surface area contributed by atoms with Gasteiger partial charge in [0.05, 0.1) is 30.2 Å². The molecule has 1 aromatic heterocycles. The van der Waals surface area contributed by atoms with E-state index in [1.54, 1.807) is 0 Å². The first kappa shape index (κ1) is 14.0. The number of ether oxygens (including phenoxy) is 1. The zero-order chi connectivity index (χ0) is 13.9. The van der Waals surface area contributed by atoms with Crippen molar-refractivity contribution in [2.45, 2.75) is 13.1 Å². The maximum Gasteiger partial charge on any atom is 0.407 e. The Labute approximate surface area is 104 Å². The highest BCUT2D eigenvalue weighted by Gasteiger charge is 2.41. The van der Waals surface area contributed by atoms with Crippen molar-refractivity contribution in [3.63, 3.8) is 0 Å². The van der Waals surface area contributed by atoms with E-state index < -0.39 is 33.3 Å². The van der Waals surface area contributed by atoms with Crippen molar-refractivity contribution < 1.29 is 22.7 Å². The molecule has 0 N–H and O–H groups in total. The Kier molecular flexibility index (Phi) is 3.94. The van der Waals surface area contributed by atoms with Crippen LogP contribution in [0, 0.1) is 13.1 Å². The smallest absolute Gasteiger partial charge is 0.407 e. The number of carbonyl (C=O) groups excluding carboxylic acids is 1. The molecule has 0 aliphatic carbocycles. The van der Waals surface area contributed by atoms with Crippen molar-refractivity contribution in [3.05, 3.63) is 33.3 Å². The maximum atomic E-state index is 12.8. The summed E-state index contributed by atoms with van der Waals surface area (Å²) in [6.07, 6.45) is -4.87. The van der Waals surface area contributed by atoms with Crippen LogP contribution in [-0.2, 0) is 10.9 Å². The van der Waals surface area contributed by atoms with Gasteiger partial charge in [0, 0.05) is 0 Å². The van der Waals surface area contributed by atoms with Gasteiger partial charge in [-0.1, -0.05) is 0 Å². The number of thiophene rings is 1. The standard InChI is InChI=1S/C10H5F3N2O2S/c1-4-17-9(16)7-5(10(11,12)13)6(14-2)8(15-3)18-7/h4H2,1H3. The largest absolute Gasteiger partial charge is 0.462 e. The zero-order valence-corrected chi connectivity index (χ0v) is 9.78. The predicted molar refractivity (Wildman–Crippen MR) is 57.8 cm³/mol. The monoisotopic (exact) mass is 274 g/mol. The molecule has 0 bridgehead atoms. The second-order valence-electron chi connectivity index (χ2n) is 2.90. The van der Waals surface area contributed by atoms with Gasteiger partial charge in [0.2, 0.25) is 10.7 Å². The number of rotatable bonds is 2. The molecule has 4 nitrogen and oxygen atoms in total. The second kappa shape index (κ2) is 5.07. The summed E-state index contributed by atoms with van der Waals surface area (Å²) in [5, 5.41) is -0.458. The third-order valence-electron chi connectivity index (χ3n) is 1.82. The highest BCUT2D eigenvalue weighted by atomic mass is 32.1. The first-order valence-corrected chi connectivity index (χ1v) is 5.34. The molecule has 0 saturated heterocycles. The Morgan fingerprint density at radius 2 is 2.00 bits per heavy atom. The number of nitrogens with zero attached hydrogens (tertiary/aromatic N) is 2. The van der Waals surface area contributed by atoms with Crippen molar-refractivity contribution in [2.24, 2.45) is 0 Å². The van der Waals surface area contributed by atoms with Crippen molar-refractivity contribution in [1.82, 2.24) is 0 Å². The molecule has 0 fully saturated rings. The van der Waals surface area contributed by atoms with Gasteiger partial charge in [0.15, 0.2) is 0 Å². The molecule has 1 rings (SSSR count). The lowest BCUT2D eigenvalue weighted by Gasteiger charge is -2.08. The minimum absolute atomic E-state index is 0.0886. The van der Waals surface area contributed by atoms with Gasteiger partial charge in [-0.3, -0.25) is 0 Å². The molecule has 0 aliphatic rings. The van der Waals surface area contributed by atoms with Crippen LogP contribution in [0.1, 0.15) is 22.2 Å². The average molecular weight is 274 g/mol. The van der Waals surface area contributed by atoms with Gasteiger partial charge in [0.1, 0.15) is 0 Å². The van der Waals surface area contributed by atoms with E-state index in [1.165, 1.54) is 6.92 Å². The maximum absolute atomic E-state index is 12.8. The van der Waals surface area contributed by atoms with E-state index in [0.29, 0.717) is 11.3 Å². The Morgan fingerprint density at radius 1 is 1.39 bits per heavy atom. The summed E-state index contributed by atoms with van der Waals surface area (Å²) in [6.45, 7) is 14.8. The van der Waals surface area contributed by atoms with E-state index in [2.05, 4.69) is 14.4 Å². The summed E-state index contributed by atoms with van der Waals surface area (Å²) in [5.41, 5.74) is -2.22. The summed E-state index contributed by atoms with van der Waals surface area (Å²) in [7, 11) is 0. The average Bonchev–Trinajstić information content (AvgIpc) is 2.67. The molecule has 0 saturated carbocycles. The molecule has 0 amide bonds. The Balaban J connectivity index is 3.54. The van der Waals surface area contributed by atoms with Crippen LogP contribution < -0.4 is 0 Å². The normalized spacial score (nSPS) is 10.6. The van der Waals surface area contributed by atoms with Crippen molar-refractivity contribution in [1.29, 1.82) is 0 Å². The molecule has 1 heterocycles. The molecule has 0 atom stereocenters. The van der Waals surface area contributed by atoms with E-state index in [1.807, 2.05) is 0 Å². The highest BCUT2D eigenvalue weighted by molar-refractivity contribution is 7.19. The first-order valence-electron chi connectivity index (χ1n) is 4.52. The summed E-state index contributed by atoms with van der Waals surface area (Å²) in [6, 6.07) is 0. The van der Waals surface area contributed by atoms with Crippen LogP contribution in [0.25, 0.3) is 9.69 Å². The molecule has 0 unspecified atom stereocenters. The van der Waals surface area contributed by atoms with Crippen LogP contribution in [0.3, 0.4) is 0 Å². The summed E-state index contributed by atoms with van der Waals surface area (Å²) in [5.74, 6) is -1.17. The van der Waals surface area contributed by atoms with Gasteiger partial charge in [-0.25, -0.2) is 14.5 Å². The molecule has 94 valence electrons. The number of alkyl halides is 3. The second-order valence-corrected chi connectivity index (χ2v) is 3.90. The number of carbonyl (C=O) groups is 1. The summed E-state index contributed by atoms with van der Waals surface area (Å²) >= 11 is 0.323. The van der Waals surface area contributed by atoms with E-state index in [9.17, 15) is 18.0 Å². The number of esters is 1. The molecule has 0 spiro atoms. The molecule has 0 radical (unpaired) electrons. The zero-order valence-electron chi connectivity index (χ0n) is 8.96. The molecular formula is C10H5F3N2O2S. The molecule has 8 heteroatoms. The quantitative estimate of drug-likeness (QED) is 0.602. The third kappa shape index (κ3) is 2.44. The molecule has 0 aromatic carbocycles. The lowest BCUT2D eigenvalue weighted by Crippen LogP contribution is -2.12. The Bertz CT molecular complexity index is 563. The minimum atomic E-state index is -4.87. The highest BCUT2D eigenvalue weighted by Crippen LogP contribution is 2.50. The van der Waals surface area contributed by atoms with Crippen molar-refractivity contribution in [2.75, 3.05) is 6.61 Å². The van der Waals surface area contributed by atoms with Gasteiger partial charge >= 0.3 is 12.1 Å². The topological polar surface area (TPSA) is 35.0 Å². The van der Waals surface area contributed by atoms with Gasteiger partial charge in [-0.2, -0.15) is 24.5 Å². The van der Waals surface area contributed by atoms with Crippen molar-refractivity contribution >= 4 is 28.0 Å². The fourth-order valence-electron chi connectivity index (χ4n) is 1.19. The van der Waals surface area contributed by atoms with Gasteiger partial charge in [-0.05, 0) is 6.92 Å². The van der Waals surface area contributed by atoms with Crippen LogP contribution in [0.15, 0.2) is 0 Å². The lowest BCUT2D eigenvalue weighted by atomic mass is 10.2. The van der Waals surface area contributed by atoms with Gasteiger partial charge < -0.3 is 4.74 Å². The minimum Gasteiger partial charge on any atom is -0.462 e. The lowest BCUT2D eigenvalue weighted by molar-refractivity contribution is -0.137. The number of hydrogen-bond acceptors (Lipinski definition) is 3. The van der Waals surface area contributed by atoms with Gasteiger partial charge in [0.25, 0.3) is 0 Å². The van der Waals surface area contributed by atoms with E-state index >= 15 is 0 Å². The fraction of sp³-hybridized carbons (Fsp3) is 0.300. The van der Waals surface area contributed by atoms with Crippen LogP contribution in [-0.4, -0.2) is 12.6 Å². The Hall–Kier alpha value is -2.06. The van der Waals surface area contributed by atoms with E-state index in [0.717, 1.165) is 0 Å². The van der Waals surface area contributed by atoms with E-state index in [-0.39, 0.29) is 6.61 Å². The van der Waals surface area contributed by atoms with Gasteiger partial charge in [-0.15, -0.1) is 0 Å². The summed E-state index contributed by atoms with van der Waals surface area (Å²) in [4.78, 5) is 16.2. The molecule has 0 aliphatic heterocycles. The van der Waals surface area contributed by atoms with Crippen LogP contribution in [0.5, 0.6) is 0 Å². The van der Waals surface area contributed by atoms with E-state index in [4.69, 9.17) is 13.1 Å². The number of halogens is 3. The van der Waals surface area contributed by atoms with Crippen LogP contribution in [0.4, 0.5) is 23.9 Å². The van der Waals surface area contributed by atoms with Crippen LogP contribution in [0.2, 0.25) is 0 Å². The molecule has 18 heavy (non-hydrogen) atoms. The molecule has 1 aromatic rings. The van der Waals surface area contributed by atoms with Crippen molar-refractivity contribution in [3.8, 4) is 0 Å². The Morgan fingerprint density at radius 3 is 2.39 bits per heavy atom. The first-order chi connectivity index (χ1) is 8.36. The molecular weight excluding hydrogens is 269 g/mol. The number of hydrogen-bond donors (Lipinski definition) is 0. The summed E-state index contributed by atoms with van der Waals surface area (Å²) < 4.78 is 42.9. The SMILES string of the molecule is [C-]#[N+]c1sc(C(=O)OCC)c(C(F)(F)F)c1[N+]#[C-]. The third-order valence-corrected chi connectivity index (χ3v) is 2.88. The fourth-order valence-corrected chi connectivity index (χ4v) is 2.13. The van der Waals surface area contributed by atoms with Crippen LogP contribution >= 0.6 is 11.3 Å².